The lowest BCUT2D eigenvalue weighted by Gasteiger charge is -2.23. The second-order valence-corrected chi connectivity index (χ2v) is 8.18. The van der Waals surface area contributed by atoms with Gasteiger partial charge < -0.3 is 24.1 Å². The molecule has 2 aromatic carbocycles. The Morgan fingerprint density at radius 3 is 2.45 bits per heavy atom. The molecule has 2 aliphatic heterocycles. The molecular formula is C25H25N3O5. The standard InChI is InChI=1S/C25H25N3O5/c1-13(29)28-12-17-22(25(28)30)20(14-9-10-19(31-3)24(33-5)23(14)32-4)15-11-27(2)18-8-6-7-16(26-17)21(15)18/h6-11,20,26H,12H2,1-5H3/t20-/m1/s1. The number of ether oxygens (including phenoxy) is 3. The number of imide groups is 1. The van der Waals surface area contributed by atoms with Gasteiger partial charge in [-0.15, -0.1) is 0 Å². The van der Waals surface area contributed by atoms with E-state index in [1.54, 1.807) is 21.3 Å². The number of aryl methyl sites for hydroxylation is 1. The van der Waals surface area contributed by atoms with Crippen molar-refractivity contribution < 1.29 is 23.8 Å². The van der Waals surface area contributed by atoms with Gasteiger partial charge in [0.25, 0.3) is 5.91 Å². The molecule has 0 fully saturated rings. The number of hydrogen-bond donors (Lipinski definition) is 1. The minimum Gasteiger partial charge on any atom is -0.493 e. The fourth-order valence-electron chi connectivity index (χ4n) is 5.04. The number of methoxy groups -OCH3 is 3. The molecule has 3 heterocycles. The molecule has 2 aliphatic rings. The highest BCUT2D eigenvalue weighted by atomic mass is 16.5. The summed E-state index contributed by atoms with van der Waals surface area (Å²) in [6.45, 7) is 1.60. The molecule has 0 unspecified atom stereocenters. The third kappa shape index (κ3) is 2.90. The number of aromatic nitrogens is 1. The average Bonchev–Trinajstić information content (AvgIpc) is 3.27. The first kappa shape index (κ1) is 20.9. The smallest absolute Gasteiger partial charge is 0.259 e. The maximum atomic E-state index is 13.6. The predicted octanol–water partition coefficient (Wildman–Crippen LogP) is 3.40. The van der Waals surface area contributed by atoms with Gasteiger partial charge in [-0.1, -0.05) is 12.1 Å². The zero-order chi connectivity index (χ0) is 23.4. The van der Waals surface area contributed by atoms with Gasteiger partial charge >= 0.3 is 0 Å². The van der Waals surface area contributed by atoms with Crippen LogP contribution in [0, 0.1) is 0 Å². The van der Waals surface area contributed by atoms with Crippen LogP contribution in [-0.2, 0) is 16.6 Å². The summed E-state index contributed by atoms with van der Waals surface area (Å²) < 4.78 is 18.9. The van der Waals surface area contributed by atoms with Crippen molar-refractivity contribution in [3.05, 3.63) is 58.9 Å². The molecule has 0 spiro atoms. The molecule has 170 valence electrons. The molecule has 3 aromatic rings. The highest BCUT2D eigenvalue weighted by Crippen LogP contribution is 2.51. The van der Waals surface area contributed by atoms with E-state index < -0.39 is 5.92 Å². The van der Waals surface area contributed by atoms with Crippen molar-refractivity contribution in [2.24, 2.45) is 7.05 Å². The molecule has 8 heteroatoms. The summed E-state index contributed by atoms with van der Waals surface area (Å²) in [6.07, 6.45) is 2.04. The fraction of sp³-hybridized carbons (Fsp3) is 0.280. The molecule has 0 saturated heterocycles. The van der Waals surface area contributed by atoms with Gasteiger partial charge in [-0.25, -0.2) is 0 Å². The number of rotatable bonds is 4. The Morgan fingerprint density at radius 2 is 1.79 bits per heavy atom. The van der Waals surface area contributed by atoms with Gasteiger partial charge in [-0.05, 0) is 23.8 Å². The summed E-state index contributed by atoms with van der Waals surface area (Å²) in [7, 11) is 6.67. The largest absolute Gasteiger partial charge is 0.493 e. The van der Waals surface area contributed by atoms with E-state index in [0.717, 1.165) is 27.7 Å². The van der Waals surface area contributed by atoms with Crippen LogP contribution in [0.5, 0.6) is 17.2 Å². The summed E-state index contributed by atoms with van der Waals surface area (Å²) in [6, 6.07) is 9.72. The SMILES string of the molecule is COc1ccc([C@H]2C3=C(CN(C(C)=O)C3=O)Nc3cccc4c3c2cn4C)c(OC)c1OC. The molecule has 0 bridgehead atoms. The van der Waals surface area contributed by atoms with Crippen LogP contribution in [-0.4, -0.2) is 49.2 Å². The van der Waals surface area contributed by atoms with E-state index in [4.69, 9.17) is 14.2 Å². The van der Waals surface area contributed by atoms with E-state index in [1.165, 1.54) is 11.8 Å². The van der Waals surface area contributed by atoms with Gasteiger partial charge in [0, 0.05) is 48.4 Å². The molecule has 1 atom stereocenters. The van der Waals surface area contributed by atoms with E-state index in [2.05, 4.69) is 5.32 Å². The van der Waals surface area contributed by atoms with Crippen LogP contribution >= 0.6 is 0 Å². The van der Waals surface area contributed by atoms with Gasteiger partial charge in [-0.3, -0.25) is 14.5 Å². The number of nitrogens with zero attached hydrogens (tertiary/aromatic N) is 2. The molecule has 1 N–H and O–H groups in total. The van der Waals surface area contributed by atoms with Crippen LogP contribution in [0.15, 0.2) is 47.8 Å². The quantitative estimate of drug-likeness (QED) is 0.660. The lowest BCUT2D eigenvalue weighted by atomic mass is 9.83. The maximum absolute atomic E-state index is 13.6. The number of hydrogen-bond acceptors (Lipinski definition) is 6. The molecule has 0 saturated carbocycles. The van der Waals surface area contributed by atoms with Crippen molar-refractivity contribution in [2.75, 3.05) is 33.2 Å². The minimum atomic E-state index is -0.480. The maximum Gasteiger partial charge on any atom is 0.259 e. The highest BCUT2D eigenvalue weighted by Gasteiger charge is 2.43. The number of carbonyl (C=O) groups excluding carboxylic acids is 2. The van der Waals surface area contributed by atoms with E-state index in [-0.39, 0.29) is 18.4 Å². The van der Waals surface area contributed by atoms with Crippen LogP contribution < -0.4 is 19.5 Å². The number of carbonyl (C=O) groups is 2. The fourth-order valence-corrected chi connectivity index (χ4v) is 5.04. The monoisotopic (exact) mass is 447 g/mol. The lowest BCUT2D eigenvalue weighted by molar-refractivity contribution is -0.139. The Labute approximate surface area is 191 Å². The summed E-state index contributed by atoms with van der Waals surface area (Å²) in [5, 5.41) is 4.48. The van der Waals surface area contributed by atoms with Crippen LogP contribution in [0.25, 0.3) is 10.9 Å². The third-order valence-electron chi connectivity index (χ3n) is 6.47. The van der Waals surface area contributed by atoms with Crippen LogP contribution in [0.2, 0.25) is 0 Å². The van der Waals surface area contributed by atoms with Crippen molar-refractivity contribution in [3.8, 4) is 17.2 Å². The van der Waals surface area contributed by atoms with E-state index in [9.17, 15) is 9.59 Å². The number of nitrogens with one attached hydrogen (secondary N) is 1. The number of benzene rings is 2. The topological polar surface area (TPSA) is 82.0 Å². The first-order valence-electron chi connectivity index (χ1n) is 10.6. The van der Waals surface area contributed by atoms with Gasteiger partial charge in [0.1, 0.15) is 0 Å². The molecule has 8 nitrogen and oxygen atoms in total. The second kappa shape index (κ2) is 7.58. The van der Waals surface area contributed by atoms with Crippen LogP contribution in [0.3, 0.4) is 0 Å². The molecule has 5 rings (SSSR count). The van der Waals surface area contributed by atoms with Crippen molar-refractivity contribution in [3.63, 3.8) is 0 Å². The van der Waals surface area contributed by atoms with E-state index in [0.29, 0.717) is 28.5 Å². The Balaban J connectivity index is 1.85. The Morgan fingerprint density at radius 1 is 1.03 bits per heavy atom. The normalized spacial score (nSPS) is 17.1. The van der Waals surface area contributed by atoms with Gasteiger partial charge in [-0.2, -0.15) is 0 Å². The molecule has 1 aromatic heterocycles. The molecule has 0 radical (unpaired) electrons. The lowest BCUT2D eigenvalue weighted by Crippen LogP contribution is -2.33. The molecule has 33 heavy (non-hydrogen) atoms. The first-order valence-corrected chi connectivity index (χ1v) is 10.6. The minimum absolute atomic E-state index is 0.197. The summed E-state index contributed by atoms with van der Waals surface area (Å²) in [5.74, 6) is 0.383. The van der Waals surface area contributed by atoms with Gasteiger partial charge in [0.05, 0.1) is 39.0 Å². The zero-order valence-corrected chi connectivity index (χ0v) is 19.2. The van der Waals surface area contributed by atoms with E-state index >= 15 is 0 Å². The Hall–Kier alpha value is -3.94. The number of amides is 2. The van der Waals surface area contributed by atoms with Gasteiger partial charge in [0.15, 0.2) is 11.5 Å². The second-order valence-electron chi connectivity index (χ2n) is 8.18. The average molecular weight is 447 g/mol. The van der Waals surface area contributed by atoms with E-state index in [1.807, 2.05) is 48.1 Å². The molecule has 0 aliphatic carbocycles. The van der Waals surface area contributed by atoms with Crippen LogP contribution in [0.1, 0.15) is 24.0 Å². The molecular weight excluding hydrogens is 422 g/mol. The van der Waals surface area contributed by atoms with Crippen LogP contribution in [0.4, 0.5) is 5.69 Å². The Bertz CT molecular complexity index is 1350. The summed E-state index contributed by atoms with van der Waals surface area (Å²) in [5.41, 5.74) is 4.88. The zero-order valence-electron chi connectivity index (χ0n) is 19.2. The van der Waals surface area contributed by atoms with Crippen molar-refractivity contribution >= 4 is 28.4 Å². The predicted molar refractivity (Wildman–Crippen MR) is 124 cm³/mol. The Kier molecular flexibility index (Phi) is 4.81. The van der Waals surface area contributed by atoms with Crippen molar-refractivity contribution in [1.29, 1.82) is 0 Å². The molecule has 2 amide bonds. The summed E-state index contributed by atoms with van der Waals surface area (Å²) in [4.78, 5) is 27.1. The highest BCUT2D eigenvalue weighted by molar-refractivity contribution is 6.11. The number of anilines is 1. The summed E-state index contributed by atoms with van der Waals surface area (Å²) >= 11 is 0. The first-order chi connectivity index (χ1) is 15.9. The third-order valence-corrected chi connectivity index (χ3v) is 6.47. The van der Waals surface area contributed by atoms with Crippen molar-refractivity contribution in [1.82, 2.24) is 9.47 Å². The van der Waals surface area contributed by atoms with Gasteiger partial charge in [0.2, 0.25) is 11.7 Å². The van der Waals surface area contributed by atoms with Crippen molar-refractivity contribution in [2.45, 2.75) is 12.8 Å².